The molecular formula is C19H18N2O. The number of H-pyrrole nitrogens is 1. The lowest BCUT2D eigenvalue weighted by Gasteiger charge is -2.06. The van der Waals surface area contributed by atoms with Gasteiger partial charge in [0.05, 0.1) is 6.54 Å². The molecule has 0 amide bonds. The van der Waals surface area contributed by atoms with Crippen LogP contribution in [0.2, 0.25) is 0 Å². The number of rotatable bonds is 5. The minimum absolute atomic E-state index is 0.581. The van der Waals surface area contributed by atoms with Crippen LogP contribution in [-0.2, 0) is 13.2 Å². The van der Waals surface area contributed by atoms with Gasteiger partial charge in [0.25, 0.3) is 0 Å². The Morgan fingerprint density at radius 3 is 2.77 bits per heavy atom. The van der Waals surface area contributed by atoms with Crippen molar-refractivity contribution in [2.45, 2.75) is 20.1 Å². The first-order valence-corrected chi connectivity index (χ1v) is 7.28. The van der Waals surface area contributed by atoms with E-state index in [1.807, 2.05) is 37.3 Å². The summed E-state index contributed by atoms with van der Waals surface area (Å²) in [6.07, 6.45) is 0. The Hall–Kier alpha value is -2.86. The summed E-state index contributed by atoms with van der Waals surface area (Å²) < 4.78 is 5.86. The van der Waals surface area contributed by atoms with E-state index >= 15 is 0 Å². The largest absolute Gasteiger partial charge is 0.489 e. The van der Waals surface area contributed by atoms with Crippen molar-refractivity contribution in [3.63, 3.8) is 0 Å². The summed E-state index contributed by atoms with van der Waals surface area (Å²) in [6.45, 7) is 3.10. The summed E-state index contributed by atoms with van der Waals surface area (Å²) in [7, 11) is 0. The van der Waals surface area contributed by atoms with Gasteiger partial charge in [0, 0.05) is 22.6 Å². The van der Waals surface area contributed by atoms with Gasteiger partial charge in [-0.1, -0.05) is 36.3 Å². The maximum Gasteiger partial charge on any atom is 0.120 e. The number of ether oxygens (including phenoxy) is 1. The average molecular weight is 290 g/mol. The van der Waals surface area contributed by atoms with E-state index in [4.69, 9.17) is 4.74 Å². The Labute approximate surface area is 130 Å². The molecule has 0 unspecified atom stereocenters. The molecule has 2 aromatic carbocycles. The number of nitrogens with one attached hydrogen (secondary N) is 2. The van der Waals surface area contributed by atoms with Crippen LogP contribution in [0.25, 0.3) is 10.9 Å². The third-order valence-corrected chi connectivity index (χ3v) is 3.39. The van der Waals surface area contributed by atoms with Crippen LogP contribution in [0.15, 0.2) is 54.6 Å². The fourth-order valence-electron chi connectivity index (χ4n) is 2.32. The quantitative estimate of drug-likeness (QED) is 0.553. The van der Waals surface area contributed by atoms with Crippen molar-refractivity contribution in [1.82, 2.24) is 10.3 Å². The highest BCUT2D eigenvalue weighted by Crippen LogP contribution is 2.22. The molecule has 0 aliphatic heterocycles. The SMILES string of the molecule is CC#CNCc1cc2cc(OCc3ccccc3)ccc2[nH]1. The minimum atomic E-state index is 0.581. The van der Waals surface area contributed by atoms with Crippen LogP contribution in [-0.4, -0.2) is 4.98 Å². The summed E-state index contributed by atoms with van der Waals surface area (Å²) >= 11 is 0. The average Bonchev–Trinajstić information content (AvgIpc) is 2.96. The van der Waals surface area contributed by atoms with E-state index in [1.54, 1.807) is 0 Å². The molecule has 0 atom stereocenters. The standard InChI is InChI=1S/C19H18N2O/c1-2-10-20-13-17-11-16-12-18(8-9-19(16)21-17)22-14-15-6-4-3-5-7-15/h3-9,11-12,20-21H,13-14H2,1H3. The van der Waals surface area contributed by atoms with Gasteiger partial charge in [-0.25, -0.2) is 0 Å². The Morgan fingerprint density at radius 1 is 1.09 bits per heavy atom. The molecule has 3 rings (SSSR count). The fraction of sp³-hybridized carbons (Fsp3) is 0.158. The van der Waals surface area contributed by atoms with Gasteiger partial charge in [0.2, 0.25) is 0 Å². The third kappa shape index (κ3) is 3.42. The fourth-order valence-corrected chi connectivity index (χ4v) is 2.32. The predicted octanol–water partition coefficient (Wildman–Crippen LogP) is 3.82. The minimum Gasteiger partial charge on any atom is -0.489 e. The molecule has 110 valence electrons. The summed E-state index contributed by atoms with van der Waals surface area (Å²) in [4.78, 5) is 3.37. The Balaban J connectivity index is 1.70. The highest BCUT2D eigenvalue weighted by molar-refractivity contribution is 5.81. The molecule has 1 heterocycles. The lowest BCUT2D eigenvalue weighted by atomic mass is 10.2. The molecule has 0 fully saturated rings. The molecule has 0 spiro atoms. The summed E-state index contributed by atoms with van der Waals surface area (Å²) in [5, 5.41) is 4.20. The van der Waals surface area contributed by atoms with Crippen molar-refractivity contribution < 1.29 is 4.74 Å². The van der Waals surface area contributed by atoms with Crippen LogP contribution in [0.5, 0.6) is 5.75 Å². The van der Waals surface area contributed by atoms with Crippen LogP contribution in [0, 0.1) is 12.0 Å². The molecule has 0 aliphatic carbocycles. The van der Waals surface area contributed by atoms with Gasteiger partial charge in [-0.15, -0.1) is 0 Å². The number of aromatic nitrogens is 1. The molecule has 2 N–H and O–H groups in total. The maximum atomic E-state index is 5.86. The van der Waals surface area contributed by atoms with Crippen molar-refractivity contribution in [3.8, 4) is 17.7 Å². The van der Waals surface area contributed by atoms with Gasteiger partial charge < -0.3 is 15.0 Å². The zero-order valence-electron chi connectivity index (χ0n) is 12.5. The van der Waals surface area contributed by atoms with Gasteiger partial charge >= 0.3 is 0 Å². The van der Waals surface area contributed by atoms with Crippen LogP contribution < -0.4 is 10.1 Å². The van der Waals surface area contributed by atoms with E-state index in [0.29, 0.717) is 13.2 Å². The summed E-state index contributed by atoms with van der Waals surface area (Å²) in [6, 6.07) is 21.2. The predicted molar refractivity (Wildman–Crippen MR) is 89.4 cm³/mol. The van der Waals surface area contributed by atoms with E-state index in [1.165, 1.54) is 5.56 Å². The normalized spacial score (nSPS) is 10.0. The summed E-state index contributed by atoms with van der Waals surface area (Å²) in [5.74, 6) is 3.70. The third-order valence-electron chi connectivity index (χ3n) is 3.39. The highest BCUT2D eigenvalue weighted by atomic mass is 16.5. The van der Waals surface area contributed by atoms with Gasteiger partial charge in [-0.2, -0.15) is 0 Å². The number of hydrogen-bond donors (Lipinski definition) is 2. The molecule has 0 saturated carbocycles. The monoisotopic (exact) mass is 290 g/mol. The van der Waals surface area contributed by atoms with Gasteiger partial charge in [-0.05, 0) is 36.8 Å². The van der Waals surface area contributed by atoms with E-state index in [-0.39, 0.29) is 0 Å². The molecule has 1 aromatic heterocycles. The van der Waals surface area contributed by atoms with Crippen LogP contribution in [0.3, 0.4) is 0 Å². The lowest BCUT2D eigenvalue weighted by Crippen LogP contribution is -2.04. The number of benzene rings is 2. The highest BCUT2D eigenvalue weighted by Gasteiger charge is 2.03. The zero-order valence-corrected chi connectivity index (χ0v) is 12.5. The van der Waals surface area contributed by atoms with Gasteiger partial charge in [0.1, 0.15) is 12.4 Å². The first-order chi connectivity index (χ1) is 10.8. The molecular weight excluding hydrogens is 272 g/mol. The van der Waals surface area contributed by atoms with Gasteiger partial charge in [0.15, 0.2) is 0 Å². The van der Waals surface area contributed by atoms with Crippen molar-refractivity contribution >= 4 is 10.9 Å². The molecule has 0 radical (unpaired) electrons. The maximum absolute atomic E-state index is 5.86. The second-order valence-corrected chi connectivity index (χ2v) is 5.05. The van der Waals surface area contributed by atoms with E-state index in [2.05, 4.69) is 46.5 Å². The second-order valence-electron chi connectivity index (χ2n) is 5.05. The molecule has 0 bridgehead atoms. The first kappa shape index (κ1) is 14.1. The summed E-state index contributed by atoms with van der Waals surface area (Å²) in [5.41, 5.74) is 3.38. The van der Waals surface area contributed by atoms with Crippen molar-refractivity contribution in [3.05, 3.63) is 65.9 Å². The second kappa shape index (κ2) is 6.73. The van der Waals surface area contributed by atoms with Crippen LogP contribution >= 0.6 is 0 Å². The Morgan fingerprint density at radius 2 is 1.95 bits per heavy atom. The number of fused-ring (bicyclic) bond motifs is 1. The molecule has 0 saturated heterocycles. The topological polar surface area (TPSA) is 37.0 Å². The molecule has 0 aliphatic rings. The Kier molecular flexibility index (Phi) is 4.31. The number of aromatic amines is 1. The smallest absolute Gasteiger partial charge is 0.120 e. The van der Waals surface area contributed by atoms with Crippen molar-refractivity contribution in [2.24, 2.45) is 0 Å². The van der Waals surface area contributed by atoms with E-state index < -0.39 is 0 Å². The van der Waals surface area contributed by atoms with Crippen LogP contribution in [0.1, 0.15) is 18.2 Å². The zero-order chi connectivity index (χ0) is 15.2. The molecule has 3 nitrogen and oxygen atoms in total. The molecule has 3 heteroatoms. The van der Waals surface area contributed by atoms with Gasteiger partial charge in [-0.3, -0.25) is 0 Å². The van der Waals surface area contributed by atoms with Crippen molar-refractivity contribution in [1.29, 1.82) is 0 Å². The molecule has 3 aromatic rings. The first-order valence-electron chi connectivity index (χ1n) is 7.28. The lowest BCUT2D eigenvalue weighted by molar-refractivity contribution is 0.306. The van der Waals surface area contributed by atoms with Crippen molar-refractivity contribution in [2.75, 3.05) is 0 Å². The number of hydrogen-bond acceptors (Lipinski definition) is 2. The van der Waals surface area contributed by atoms with Crippen LogP contribution in [0.4, 0.5) is 0 Å². The Bertz CT molecular complexity index is 810. The van der Waals surface area contributed by atoms with E-state index in [0.717, 1.165) is 22.3 Å². The molecule has 22 heavy (non-hydrogen) atoms. The van der Waals surface area contributed by atoms with E-state index in [9.17, 15) is 0 Å².